The number of benzene rings is 1. The second-order valence-electron chi connectivity index (χ2n) is 4.49. The van der Waals surface area contributed by atoms with Crippen LogP contribution in [0.25, 0.3) is 5.69 Å². The summed E-state index contributed by atoms with van der Waals surface area (Å²) in [5.74, 6) is 4.44. The van der Waals surface area contributed by atoms with Crippen LogP contribution in [0.5, 0.6) is 0 Å². The number of thioether (sulfide) groups is 1. The maximum atomic E-state index is 5.22. The Morgan fingerprint density at radius 3 is 2.95 bits per heavy atom. The molecule has 0 aliphatic carbocycles. The van der Waals surface area contributed by atoms with E-state index in [4.69, 9.17) is 6.42 Å². The SMILES string of the molecule is C#CCSCCNC(C)c1cnn(-c2ccccc2)c1. The third-order valence-electron chi connectivity index (χ3n) is 3.01. The van der Waals surface area contributed by atoms with Gasteiger partial charge < -0.3 is 5.32 Å². The molecule has 0 saturated heterocycles. The molecule has 1 unspecified atom stereocenters. The molecule has 1 aromatic carbocycles. The number of terminal acetylenes is 1. The van der Waals surface area contributed by atoms with Crippen molar-refractivity contribution in [2.45, 2.75) is 13.0 Å². The number of nitrogens with one attached hydrogen (secondary N) is 1. The van der Waals surface area contributed by atoms with Gasteiger partial charge >= 0.3 is 0 Å². The fourth-order valence-electron chi connectivity index (χ4n) is 1.88. The summed E-state index contributed by atoms with van der Waals surface area (Å²) in [7, 11) is 0. The predicted molar refractivity (Wildman–Crippen MR) is 86.1 cm³/mol. The highest BCUT2D eigenvalue weighted by molar-refractivity contribution is 7.99. The van der Waals surface area contributed by atoms with E-state index in [1.165, 1.54) is 5.56 Å². The molecule has 1 heterocycles. The monoisotopic (exact) mass is 285 g/mol. The van der Waals surface area contributed by atoms with Crippen molar-refractivity contribution in [2.24, 2.45) is 0 Å². The molecule has 0 fully saturated rings. The van der Waals surface area contributed by atoms with Crippen LogP contribution in [-0.4, -0.2) is 27.8 Å². The van der Waals surface area contributed by atoms with E-state index in [1.54, 1.807) is 11.8 Å². The molecule has 2 rings (SSSR count). The molecule has 1 aromatic heterocycles. The van der Waals surface area contributed by atoms with Crippen molar-refractivity contribution in [2.75, 3.05) is 18.1 Å². The average Bonchev–Trinajstić information content (AvgIpc) is 2.98. The summed E-state index contributed by atoms with van der Waals surface area (Å²) in [6.07, 6.45) is 9.20. The van der Waals surface area contributed by atoms with Gasteiger partial charge in [0.15, 0.2) is 0 Å². The Morgan fingerprint density at radius 2 is 2.20 bits per heavy atom. The quantitative estimate of drug-likeness (QED) is 0.626. The maximum absolute atomic E-state index is 5.22. The first kappa shape index (κ1) is 14.7. The van der Waals surface area contributed by atoms with Gasteiger partial charge in [-0.1, -0.05) is 24.1 Å². The van der Waals surface area contributed by atoms with Crippen molar-refractivity contribution < 1.29 is 0 Å². The summed E-state index contributed by atoms with van der Waals surface area (Å²) in [6, 6.07) is 10.4. The summed E-state index contributed by atoms with van der Waals surface area (Å²) in [4.78, 5) is 0. The van der Waals surface area contributed by atoms with E-state index >= 15 is 0 Å². The van der Waals surface area contributed by atoms with Gasteiger partial charge in [0.1, 0.15) is 0 Å². The van der Waals surface area contributed by atoms with Gasteiger partial charge in [0.25, 0.3) is 0 Å². The van der Waals surface area contributed by atoms with Crippen LogP contribution in [0, 0.1) is 12.3 Å². The first-order chi connectivity index (χ1) is 9.81. The smallest absolute Gasteiger partial charge is 0.0645 e. The predicted octanol–water partition coefficient (Wildman–Crippen LogP) is 2.89. The molecule has 20 heavy (non-hydrogen) atoms. The van der Waals surface area contributed by atoms with Gasteiger partial charge in [0.2, 0.25) is 0 Å². The molecule has 0 saturated carbocycles. The summed E-state index contributed by atoms with van der Waals surface area (Å²) in [5, 5.41) is 7.89. The Hall–Kier alpha value is -1.70. The molecule has 1 atom stereocenters. The molecular weight excluding hydrogens is 266 g/mol. The van der Waals surface area contributed by atoms with Gasteiger partial charge in [-0.05, 0) is 19.1 Å². The van der Waals surface area contributed by atoms with Gasteiger partial charge in [-0.3, -0.25) is 0 Å². The molecular formula is C16H19N3S. The number of nitrogens with zero attached hydrogens (tertiary/aromatic N) is 2. The Bertz CT molecular complexity index is 557. The number of aromatic nitrogens is 2. The lowest BCUT2D eigenvalue weighted by molar-refractivity contribution is 0.601. The Balaban J connectivity index is 1.87. The first-order valence-electron chi connectivity index (χ1n) is 6.66. The largest absolute Gasteiger partial charge is 0.309 e. The Morgan fingerprint density at radius 1 is 1.40 bits per heavy atom. The van der Waals surface area contributed by atoms with E-state index in [-0.39, 0.29) is 0 Å². The van der Waals surface area contributed by atoms with E-state index in [9.17, 15) is 0 Å². The second-order valence-corrected chi connectivity index (χ2v) is 5.59. The summed E-state index contributed by atoms with van der Waals surface area (Å²) < 4.78 is 1.90. The highest BCUT2D eigenvalue weighted by atomic mass is 32.2. The molecule has 3 nitrogen and oxygen atoms in total. The maximum Gasteiger partial charge on any atom is 0.0645 e. The standard InChI is InChI=1S/C16H19N3S/c1-3-10-20-11-9-17-14(2)15-12-18-19(13-15)16-7-5-4-6-8-16/h1,4-8,12-14,17H,9-11H2,2H3. The Labute approximate surface area is 124 Å². The fraction of sp³-hybridized carbons (Fsp3) is 0.312. The van der Waals surface area contributed by atoms with Crippen LogP contribution in [0.2, 0.25) is 0 Å². The highest BCUT2D eigenvalue weighted by Crippen LogP contribution is 2.14. The summed E-state index contributed by atoms with van der Waals surface area (Å²) in [6.45, 7) is 3.10. The van der Waals surface area contributed by atoms with Gasteiger partial charge in [-0.2, -0.15) is 5.10 Å². The molecule has 0 aliphatic heterocycles. The van der Waals surface area contributed by atoms with E-state index in [2.05, 4.69) is 29.5 Å². The lowest BCUT2D eigenvalue weighted by atomic mass is 10.2. The molecule has 1 N–H and O–H groups in total. The van der Waals surface area contributed by atoms with Crippen LogP contribution in [0.4, 0.5) is 0 Å². The van der Waals surface area contributed by atoms with Crippen molar-refractivity contribution >= 4 is 11.8 Å². The third kappa shape index (κ3) is 4.16. The van der Waals surface area contributed by atoms with Crippen LogP contribution < -0.4 is 5.32 Å². The van der Waals surface area contributed by atoms with Crippen molar-refractivity contribution in [3.8, 4) is 18.0 Å². The van der Waals surface area contributed by atoms with Crippen LogP contribution in [-0.2, 0) is 0 Å². The van der Waals surface area contributed by atoms with Gasteiger partial charge in [0, 0.05) is 30.1 Å². The lowest BCUT2D eigenvalue weighted by Gasteiger charge is -2.11. The first-order valence-corrected chi connectivity index (χ1v) is 7.81. The van der Waals surface area contributed by atoms with Crippen LogP contribution in [0.3, 0.4) is 0 Å². The zero-order valence-corrected chi connectivity index (χ0v) is 12.4. The number of rotatable bonds is 7. The van der Waals surface area contributed by atoms with Crippen molar-refractivity contribution in [3.63, 3.8) is 0 Å². The van der Waals surface area contributed by atoms with E-state index in [0.717, 1.165) is 23.7 Å². The average molecular weight is 285 g/mol. The fourth-order valence-corrected chi connectivity index (χ4v) is 2.40. The minimum atomic E-state index is 0.291. The van der Waals surface area contributed by atoms with Gasteiger partial charge in [-0.25, -0.2) is 4.68 Å². The van der Waals surface area contributed by atoms with Crippen LogP contribution in [0.1, 0.15) is 18.5 Å². The van der Waals surface area contributed by atoms with E-state index < -0.39 is 0 Å². The minimum absolute atomic E-state index is 0.291. The normalized spacial score (nSPS) is 12.0. The third-order valence-corrected chi connectivity index (χ3v) is 3.87. The van der Waals surface area contributed by atoms with E-state index in [0.29, 0.717) is 6.04 Å². The highest BCUT2D eigenvalue weighted by Gasteiger charge is 2.07. The molecule has 0 amide bonds. The number of hydrogen-bond acceptors (Lipinski definition) is 3. The number of para-hydroxylation sites is 1. The van der Waals surface area contributed by atoms with Crippen LogP contribution in [0.15, 0.2) is 42.7 Å². The van der Waals surface area contributed by atoms with Crippen molar-refractivity contribution in [3.05, 3.63) is 48.3 Å². The molecule has 0 aliphatic rings. The van der Waals surface area contributed by atoms with Crippen molar-refractivity contribution in [1.82, 2.24) is 15.1 Å². The lowest BCUT2D eigenvalue weighted by Crippen LogP contribution is -2.21. The van der Waals surface area contributed by atoms with Crippen molar-refractivity contribution in [1.29, 1.82) is 0 Å². The van der Waals surface area contributed by atoms with E-state index in [1.807, 2.05) is 41.2 Å². The molecule has 0 bridgehead atoms. The van der Waals surface area contributed by atoms with Gasteiger partial charge in [0.05, 0.1) is 17.6 Å². The second kappa shape index (κ2) is 7.78. The molecule has 2 aromatic rings. The number of hydrogen-bond donors (Lipinski definition) is 1. The van der Waals surface area contributed by atoms with Gasteiger partial charge in [-0.15, -0.1) is 18.2 Å². The summed E-state index contributed by atoms with van der Waals surface area (Å²) in [5.41, 5.74) is 2.27. The Kier molecular flexibility index (Phi) is 5.72. The zero-order chi connectivity index (χ0) is 14.2. The van der Waals surface area contributed by atoms with Crippen LogP contribution >= 0.6 is 11.8 Å². The molecule has 0 spiro atoms. The summed E-state index contributed by atoms with van der Waals surface area (Å²) >= 11 is 1.77. The molecule has 104 valence electrons. The minimum Gasteiger partial charge on any atom is -0.309 e. The molecule has 4 heteroatoms. The molecule has 0 radical (unpaired) electrons. The topological polar surface area (TPSA) is 29.9 Å². The zero-order valence-electron chi connectivity index (χ0n) is 11.6.